The normalized spacial score (nSPS) is 21.2. The van der Waals surface area contributed by atoms with Gasteiger partial charge in [0.15, 0.2) is 0 Å². The molecule has 0 aliphatic carbocycles. The number of nitrogens with one attached hydrogen (secondary N) is 1. The van der Waals surface area contributed by atoms with Gasteiger partial charge in [-0.3, -0.25) is 4.79 Å². The average Bonchev–Trinajstić information content (AvgIpc) is 2.18. The lowest BCUT2D eigenvalue weighted by molar-refractivity contribution is -0.138. The summed E-state index contributed by atoms with van der Waals surface area (Å²) >= 11 is 0. The van der Waals surface area contributed by atoms with E-state index in [4.69, 9.17) is 5.73 Å². The van der Waals surface area contributed by atoms with Crippen molar-refractivity contribution in [1.29, 1.82) is 0 Å². The first-order valence-corrected chi connectivity index (χ1v) is 5.54. The lowest BCUT2D eigenvalue weighted by atomic mass is 10.1. The van der Waals surface area contributed by atoms with Crippen LogP contribution in [0.3, 0.4) is 0 Å². The molecule has 4 nitrogen and oxygen atoms in total. The second kappa shape index (κ2) is 7.65. The molecule has 90 valence electrons. The topological polar surface area (TPSA) is 64.3 Å². The van der Waals surface area contributed by atoms with Crippen LogP contribution in [-0.4, -0.2) is 31.2 Å². The van der Waals surface area contributed by atoms with Gasteiger partial charge in [-0.15, -0.1) is 0 Å². The van der Waals surface area contributed by atoms with Gasteiger partial charge in [0.2, 0.25) is 0 Å². The average molecular weight is 216 g/mol. The van der Waals surface area contributed by atoms with Gasteiger partial charge < -0.3 is 15.8 Å². The summed E-state index contributed by atoms with van der Waals surface area (Å²) in [6, 6.07) is 0.615. The van der Waals surface area contributed by atoms with E-state index in [0.717, 1.165) is 6.54 Å². The smallest absolute Gasteiger partial charge is 0.293 e. The Morgan fingerprint density at radius 3 is 2.33 bits per heavy atom. The van der Waals surface area contributed by atoms with E-state index in [0.29, 0.717) is 12.5 Å². The molecule has 0 radical (unpaired) electrons. The second-order valence-electron chi connectivity index (χ2n) is 4.71. The van der Waals surface area contributed by atoms with Gasteiger partial charge in [0.25, 0.3) is 6.47 Å². The quantitative estimate of drug-likeness (QED) is 0.677. The number of nitrogens with two attached hydrogens (primary N) is 1. The Hall–Kier alpha value is -0.610. The van der Waals surface area contributed by atoms with Crippen molar-refractivity contribution in [3.05, 3.63) is 0 Å². The van der Waals surface area contributed by atoms with E-state index in [2.05, 4.69) is 10.1 Å². The summed E-state index contributed by atoms with van der Waals surface area (Å²) in [6.45, 7) is 7.89. The summed E-state index contributed by atoms with van der Waals surface area (Å²) in [6.07, 6.45) is 3.96. The number of hydrogen-bond acceptors (Lipinski definition) is 4. The fourth-order valence-corrected chi connectivity index (χ4v) is 1.27. The van der Waals surface area contributed by atoms with Crippen molar-refractivity contribution in [3.63, 3.8) is 0 Å². The molecule has 0 aromatic rings. The molecule has 0 saturated carbocycles. The van der Waals surface area contributed by atoms with Crippen LogP contribution >= 0.6 is 0 Å². The summed E-state index contributed by atoms with van der Waals surface area (Å²) in [5, 5.41) is 3.34. The molecule has 3 N–H and O–H groups in total. The van der Waals surface area contributed by atoms with E-state index >= 15 is 0 Å². The highest BCUT2D eigenvalue weighted by molar-refractivity contribution is 5.37. The molecule has 0 bridgehead atoms. The Kier molecular flexibility index (Phi) is 7.34. The largest absolute Gasteiger partial charge is 0.462 e. The molecule has 1 aliphatic heterocycles. The minimum absolute atomic E-state index is 0.318. The third-order valence-corrected chi connectivity index (χ3v) is 2.10. The molecule has 1 saturated heterocycles. The maximum Gasteiger partial charge on any atom is 0.293 e. The summed E-state index contributed by atoms with van der Waals surface area (Å²) in [7, 11) is 0. The van der Waals surface area contributed by atoms with Crippen molar-refractivity contribution in [2.75, 3.05) is 13.1 Å². The Labute approximate surface area is 92.6 Å². The monoisotopic (exact) mass is 216 g/mol. The number of carbonyl (C=O) groups is 1. The van der Waals surface area contributed by atoms with E-state index in [9.17, 15) is 4.79 Å². The molecule has 1 heterocycles. The van der Waals surface area contributed by atoms with Crippen LogP contribution in [0, 0.1) is 0 Å². The van der Waals surface area contributed by atoms with Gasteiger partial charge in [-0.05, 0) is 40.2 Å². The third-order valence-electron chi connectivity index (χ3n) is 2.10. The van der Waals surface area contributed by atoms with E-state index in [-0.39, 0.29) is 5.60 Å². The van der Waals surface area contributed by atoms with Crippen LogP contribution in [0.5, 0.6) is 0 Å². The second-order valence-corrected chi connectivity index (χ2v) is 4.71. The zero-order valence-corrected chi connectivity index (χ0v) is 10.1. The van der Waals surface area contributed by atoms with Gasteiger partial charge >= 0.3 is 0 Å². The van der Waals surface area contributed by atoms with E-state index in [1.165, 1.54) is 25.8 Å². The molecule has 0 aromatic carbocycles. The lowest BCUT2D eigenvalue weighted by Crippen LogP contribution is -2.39. The molecule has 1 rings (SSSR count). The Balaban J connectivity index is 0.000000265. The molecule has 0 amide bonds. The van der Waals surface area contributed by atoms with Gasteiger partial charge in [0, 0.05) is 12.6 Å². The number of ether oxygens (including phenoxy) is 1. The highest BCUT2D eigenvalue weighted by atomic mass is 16.5. The van der Waals surface area contributed by atoms with E-state index < -0.39 is 0 Å². The molecule has 0 spiro atoms. The Morgan fingerprint density at radius 1 is 1.47 bits per heavy atom. The molecule has 1 unspecified atom stereocenters. The zero-order valence-electron chi connectivity index (χ0n) is 10.1. The zero-order chi connectivity index (χ0) is 11.7. The minimum atomic E-state index is -0.318. The minimum Gasteiger partial charge on any atom is -0.462 e. The van der Waals surface area contributed by atoms with Crippen molar-refractivity contribution in [2.24, 2.45) is 5.73 Å². The van der Waals surface area contributed by atoms with Crippen LogP contribution in [0.25, 0.3) is 0 Å². The van der Waals surface area contributed by atoms with Crippen molar-refractivity contribution in [2.45, 2.75) is 51.7 Å². The van der Waals surface area contributed by atoms with Crippen molar-refractivity contribution < 1.29 is 9.53 Å². The summed E-state index contributed by atoms with van der Waals surface area (Å²) in [4.78, 5) is 9.60. The number of carbonyl (C=O) groups excluding carboxylic acids is 1. The van der Waals surface area contributed by atoms with E-state index in [1.807, 2.05) is 20.8 Å². The first-order chi connectivity index (χ1) is 6.99. The van der Waals surface area contributed by atoms with Gasteiger partial charge in [-0.1, -0.05) is 6.42 Å². The van der Waals surface area contributed by atoms with Crippen LogP contribution in [-0.2, 0) is 9.53 Å². The summed E-state index contributed by atoms with van der Waals surface area (Å²) < 4.78 is 4.55. The molecule has 0 aromatic heterocycles. The highest BCUT2D eigenvalue weighted by Crippen LogP contribution is 2.04. The molecule has 4 heteroatoms. The first-order valence-electron chi connectivity index (χ1n) is 5.54. The number of piperidine rings is 1. The standard InChI is InChI=1S/C6H14N2.C5H10O2/c7-5-6-3-1-2-4-8-6;1-5(2,3)7-4-6/h6,8H,1-5,7H2;4H,1-3H3. The molecular formula is C11H24N2O2. The molecule has 15 heavy (non-hydrogen) atoms. The van der Waals surface area contributed by atoms with Crippen molar-refractivity contribution in [1.82, 2.24) is 5.32 Å². The van der Waals surface area contributed by atoms with E-state index in [1.54, 1.807) is 0 Å². The van der Waals surface area contributed by atoms with Crippen LogP contribution in [0.15, 0.2) is 0 Å². The fraction of sp³-hybridized carbons (Fsp3) is 0.909. The Bertz CT molecular complexity index is 160. The van der Waals surface area contributed by atoms with Crippen LogP contribution < -0.4 is 11.1 Å². The van der Waals surface area contributed by atoms with Crippen molar-refractivity contribution in [3.8, 4) is 0 Å². The molecule has 1 atom stereocenters. The third kappa shape index (κ3) is 9.69. The summed E-state index contributed by atoms with van der Waals surface area (Å²) in [5.41, 5.74) is 5.12. The van der Waals surface area contributed by atoms with Crippen LogP contribution in [0.2, 0.25) is 0 Å². The van der Waals surface area contributed by atoms with Gasteiger partial charge in [0.1, 0.15) is 5.60 Å². The molecule has 1 fully saturated rings. The Morgan fingerprint density at radius 2 is 2.13 bits per heavy atom. The fourth-order valence-electron chi connectivity index (χ4n) is 1.27. The predicted octanol–water partition coefficient (Wildman–Crippen LogP) is 1.05. The van der Waals surface area contributed by atoms with Gasteiger partial charge in [0.05, 0.1) is 0 Å². The van der Waals surface area contributed by atoms with Crippen molar-refractivity contribution >= 4 is 6.47 Å². The predicted molar refractivity (Wildman–Crippen MR) is 61.6 cm³/mol. The number of rotatable bonds is 2. The maximum atomic E-state index is 9.60. The maximum absolute atomic E-state index is 9.60. The van der Waals surface area contributed by atoms with Gasteiger partial charge in [-0.2, -0.15) is 0 Å². The molecular weight excluding hydrogens is 192 g/mol. The lowest BCUT2D eigenvalue weighted by Gasteiger charge is -2.21. The first kappa shape index (κ1) is 14.4. The highest BCUT2D eigenvalue weighted by Gasteiger charge is 2.08. The van der Waals surface area contributed by atoms with Crippen LogP contribution in [0.4, 0.5) is 0 Å². The number of hydrogen-bond donors (Lipinski definition) is 2. The SMILES string of the molecule is CC(C)(C)OC=O.NCC1CCCCN1. The molecule has 1 aliphatic rings. The van der Waals surface area contributed by atoms with Crippen LogP contribution in [0.1, 0.15) is 40.0 Å². The van der Waals surface area contributed by atoms with Gasteiger partial charge in [-0.25, -0.2) is 0 Å². The summed E-state index contributed by atoms with van der Waals surface area (Å²) in [5.74, 6) is 0.